The lowest BCUT2D eigenvalue weighted by Crippen LogP contribution is -2.33. The number of aromatic nitrogens is 1. The molecule has 4 aromatic rings. The van der Waals surface area contributed by atoms with Crippen molar-refractivity contribution in [2.45, 2.75) is 35.9 Å². The van der Waals surface area contributed by atoms with E-state index in [9.17, 15) is 26.4 Å². The van der Waals surface area contributed by atoms with E-state index in [0.29, 0.717) is 29.0 Å². The van der Waals surface area contributed by atoms with Gasteiger partial charge in [-0.05, 0) is 77.7 Å². The number of carboxylic acids is 1. The molecular formula is C31H32F3N5O6S. The molecule has 1 saturated heterocycles. The van der Waals surface area contributed by atoms with Crippen molar-refractivity contribution in [2.24, 2.45) is 5.73 Å². The first-order valence-electron chi connectivity index (χ1n) is 14.0. The Morgan fingerprint density at radius 1 is 1.13 bits per heavy atom. The molecule has 15 heteroatoms. The molecule has 11 nitrogen and oxygen atoms in total. The van der Waals surface area contributed by atoms with Gasteiger partial charge in [0, 0.05) is 29.8 Å². The minimum atomic E-state index is -5.08. The van der Waals surface area contributed by atoms with Crippen molar-refractivity contribution in [1.29, 1.82) is 5.41 Å². The Morgan fingerprint density at radius 2 is 1.85 bits per heavy atom. The average molecular weight is 660 g/mol. The maximum absolute atomic E-state index is 13.8. The number of amidine groups is 1. The van der Waals surface area contributed by atoms with E-state index in [0.717, 1.165) is 29.3 Å². The maximum Gasteiger partial charge on any atom is 0.490 e. The molecule has 1 fully saturated rings. The Hall–Kier alpha value is -4.73. The number of halogens is 3. The van der Waals surface area contributed by atoms with Crippen molar-refractivity contribution in [3.63, 3.8) is 0 Å². The number of hydrogen-bond acceptors (Lipinski definition) is 7. The highest BCUT2D eigenvalue weighted by atomic mass is 32.2. The fraction of sp³-hybridized carbons (Fsp3) is 0.258. The number of ether oxygens (including phenoxy) is 1. The Balaban J connectivity index is 0.000000617. The van der Waals surface area contributed by atoms with E-state index >= 15 is 0 Å². The third-order valence-electron chi connectivity index (χ3n) is 7.42. The van der Waals surface area contributed by atoms with Crippen LogP contribution in [0.1, 0.15) is 40.6 Å². The van der Waals surface area contributed by atoms with Crippen molar-refractivity contribution >= 4 is 32.6 Å². The lowest BCUT2D eigenvalue weighted by Gasteiger charge is -2.24. The molecule has 1 unspecified atom stereocenters. The summed E-state index contributed by atoms with van der Waals surface area (Å²) in [6, 6.07) is 18.6. The molecule has 0 bridgehead atoms. The zero-order valence-corrected chi connectivity index (χ0v) is 25.3. The summed E-state index contributed by atoms with van der Waals surface area (Å²) in [5.41, 5.74) is 8.03. The number of pyridine rings is 1. The molecular weight excluding hydrogens is 627 g/mol. The number of sulfonamides is 1. The van der Waals surface area contributed by atoms with Gasteiger partial charge in [-0.1, -0.05) is 30.3 Å². The number of rotatable bonds is 9. The third kappa shape index (κ3) is 8.29. The second-order valence-corrected chi connectivity index (χ2v) is 12.2. The smallest absolute Gasteiger partial charge is 0.490 e. The number of nitrogen functional groups attached to an aromatic ring is 1. The molecule has 0 amide bonds. The van der Waals surface area contributed by atoms with E-state index in [1.807, 2.05) is 18.2 Å². The Labute approximate surface area is 262 Å². The molecule has 1 aliphatic rings. The Bertz CT molecular complexity index is 1910. The van der Waals surface area contributed by atoms with Crippen LogP contribution in [0.15, 0.2) is 82.6 Å². The van der Waals surface area contributed by atoms with Crippen LogP contribution >= 0.6 is 0 Å². The first-order valence-corrected chi connectivity index (χ1v) is 15.4. The van der Waals surface area contributed by atoms with Gasteiger partial charge >= 0.3 is 12.1 Å². The molecule has 46 heavy (non-hydrogen) atoms. The minimum absolute atomic E-state index is 0.0337. The lowest BCUT2D eigenvalue weighted by molar-refractivity contribution is -0.192. The number of fused-ring (bicyclic) bond motifs is 1. The van der Waals surface area contributed by atoms with Crippen molar-refractivity contribution in [3.05, 3.63) is 106 Å². The first-order chi connectivity index (χ1) is 21.7. The first kappa shape index (κ1) is 34.1. The van der Waals surface area contributed by atoms with Crippen LogP contribution in [0.5, 0.6) is 5.75 Å². The van der Waals surface area contributed by atoms with Crippen LogP contribution in [-0.2, 0) is 21.2 Å². The average Bonchev–Trinajstić information content (AvgIpc) is 3.54. The monoisotopic (exact) mass is 659 g/mol. The van der Waals surface area contributed by atoms with Crippen molar-refractivity contribution < 1.29 is 36.2 Å². The van der Waals surface area contributed by atoms with E-state index < -0.39 is 28.2 Å². The molecule has 0 radical (unpaired) electrons. The minimum Gasteiger partial charge on any atom is -0.497 e. The molecule has 5 rings (SSSR count). The summed E-state index contributed by atoms with van der Waals surface area (Å²) in [7, 11) is -2.44. The predicted octanol–water partition coefficient (Wildman–Crippen LogP) is 3.79. The lowest BCUT2D eigenvalue weighted by atomic mass is 9.89. The van der Waals surface area contributed by atoms with E-state index in [4.69, 9.17) is 25.8 Å². The van der Waals surface area contributed by atoms with Gasteiger partial charge in [0.2, 0.25) is 10.0 Å². The van der Waals surface area contributed by atoms with Crippen LogP contribution in [-0.4, -0.2) is 56.7 Å². The van der Waals surface area contributed by atoms with E-state index in [2.05, 4.69) is 15.0 Å². The second-order valence-electron chi connectivity index (χ2n) is 10.5. The number of aromatic amines is 1. The molecule has 0 aliphatic carbocycles. The number of nitrogens with one attached hydrogen (secondary N) is 4. The normalized spacial score (nSPS) is 15.5. The molecule has 2 atom stereocenters. The van der Waals surface area contributed by atoms with Gasteiger partial charge in [0.25, 0.3) is 5.56 Å². The second kappa shape index (κ2) is 14.1. The van der Waals surface area contributed by atoms with Crippen LogP contribution in [0.4, 0.5) is 13.2 Å². The summed E-state index contributed by atoms with van der Waals surface area (Å²) in [5.74, 6) is -2.23. The highest BCUT2D eigenvalue weighted by molar-refractivity contribution is 7.89. The number of hydrogen-bond donors (Lipinski definition) is 6. The van der Waals surface area contributed by atoms with Gasteiger partial charge in [-0.25, -0.2) is 17.9 Å². The summed E-state index contributed by atoms with van der Waals surface area (Å²) in [5, 5.41) is 19.9. The fourth-order valence-corrected chi connectivity index (χ4v) is 6.45. The molecule has 2 heterocycles. The number of carbonyl (C=O) groups is 1. The number of aliphatic carboxylic acids is 1. The van der Waals surface area contributed by atoms with Gasteiger partial charge in [0.1, 0.15) is 11.6 Å². The van der Waals surface area contributed by atoms with Crippen LogP contribution in [0, 0.1) is 5.41 Å². The van der Waals surface area contributed by atoms with Crippen molar-refractivity contribution in [2.75, 3.05) is 20.2 Å². The standard InChI is InChI=1S/C29H31N5O4S.C2HF3O2/c1-38-23-7-5-19-6-8-24(16-22(19)15-23)39(36,37)34-26(14-18-3-2-4-20(13-18)28(30)31)25-10-12-33-29(35)27(25)21-9-11-32-17-21;3-2(4,5)1(6)7/h2-8,10,12-13,15-16,21,26,32,34H,9,11,14,17H2,1H3,(H3,30,31)(H,33,35);(H,6,7)/t21-,26?;/m1./s1. The Kier molecular flexibility index (Phi) is 10.5. The van der Waals surface area contributed by atoms with Gasteiger partial charge in [-0.3, -0.25) is 10.2 Å². The van der Waals surface area contributed by atoms with Crippen LogP contribution in [0.2, 0.25) is 0 Å². The molecule has 1 aliphatic heterocycles. The van der Waals surface area contributed by atoms with Crippen LogP contribution < -0.4 is 26.1 Å². The largest absolute Gasteiger partial charge is 0.497 e. The van der Waals surface area contributed by atoms with E-state index in [-0.39, 0.29) is 28.6 Å². The highest BCUT2D eigenvalue weighted by Crippen LogP contribution is 2.31. The van der Waals surface area contributed by atoms with Gasteiger partial charge in [-0.15, -0.1) is 0 Å². The molecule has 1 aromatic heterocycles. The molecule has 3 aromatic carbocycles. The van der Waals surface area contributed by atoms with Crippen molar-refractivity contribution in [1.82, 2.24) is 15.0 Å². The number of benzene rings is 3. The molecule has 0 saturated carbocycles. The topological polar surface area (TPSA) is 187 Å². The van der Waals surface area contributed by atoms with E-state index in [1.54, 1.807) is 61.8 Å². The summed E-state index contributed by atoms with van der Waals surface area (Å²) in [4.78, 5) is 24.8. The summed E-state index contributed by atoms with van der Waals surface area (Å²) < 4.78 is 67.5. The summed E-state index contributed by atoms with van der Waals surface area (Å²) in [6.45, 7) is 1.43. The fourth-order valence-electron chi connectivity index (χ4n) is 5.20. The van der Waals surface area contributed by atoms with Gasteiger partial charge < -0.3 is 25.9 Å². The van der Waals surface area contributed by atoms with E-state index in [1.165, 1.54) is 0 Å². The summed E-state index contributed by atoms with van der Waals surface area (Å²) >= 11 is 0. The molecule has 7 N–H and O–H groups in total. The van der Waals surface area contributed by atoms with Gasteiger partial charge in [0.05, 0.1) is 18.0 Å². The maximum atomic E-state index is 13.8. The number of carboxylic acid groups (broad SMARTS) is 1. The van der Waals surface area contributed by atoms with Crippen LogP contribution in [0.25, 0.3) is 10.8 Å². The number of H-pyrrole nitrogens is 1. The summed E-state index contributed by atoms with van der Waals surface area (Å²) in [6.07, 6.45) is -2.48. The zero-order chi connectivity index (χ0) is 33.6. The number of alkyl halides is 3. The number of nitrogens with two attached hydrogens (primary N) is 1. The number of methoxy groups -OCH3 is 1. The third-order valence-corrected chi connectivity index (χ3v) is 8.89. The zero-order valence-electron chi connectivity index (χ0n) is 24.5. The van der Waals surface area contributed by atoms with Crippen LogP contribution in [0.3, 0.4) is 0 Å². The quantitative estimate of drug-likeness (QED) is 0.116. The van der Waals surface area contributed by atoms with Gasteiger partial charge in [-0.2, -0.15) is 13.2 Å². The van der Waals surface area contributed by atoms with Gasteiger partial charge in [0.15, 0.2) is 0 Å². The SMILES string of the molecule is COc1ccc2ccc(S(=O)(=O)NC(Cc3cccc(C(=N)N)c3)c3cc[nH]c(=O)c3[C@@H]3CCNC3)cc2c1.O=C(O)C(F)(F)F. The molecule has 0 spiro atoms. The molecule has 244 valence electrons. The van der Waals surface area contributed by atoms with Crippen molar-refractivity contribution in [3.8, 4) is 5.75 Å². The predicted molar refractivity (Wildman–Crippen MR) is 166 cm³/mol. The highest BCUT2D eigenvalue weighted by Gasteiger charge is 2.38. The Morgan fingerprint density at radius 3 is 2.48 bits per heavy atom.